The average Bonchev–Trinajstić information content (AvgIpc) is 2.62. The zero-order chi connectivity index (χ0) is 18.9. The SMILES string of the molecule is N#CCSc1ccccc1NC(=O)COC(=O)Cc1ccc(Cl)c(Cl)c1. The Hall–Kier alpha value is -2.20. The number of nitriles is 1. The van der Waals surface area contributed by atoms with E-state index in [1.165, 1.54) is 11.8 Å². The maximum Gasteiger partial charge on any atom is 0.310 e. The lowest BCUT2D eigenvalue weighted by atomic mass is 10.1. The molecule has 5 nitrogen and oxygen atoms in total. The van der Waals surface area contributed by atoms with Gasteiger partial charge in [0, 0.05) is 4.90 Å². The highest BCUT2D eigenvalue weighted by Gasteiger charge is 2.11. The Bertz CT molecular complexity index is 853. The van der Waals surface area contributed by atoms with Crippen LogP contribution >= 0.6 is 35.0 Å². The fourth-order valence-electron chi connectivity index (χ4n) is 2.01. The van der Waals surface area contributed by atoms with Crippen LogP contribution in [0.5, 0.6) is 0 Å². The molecule has 0 saturated heterocycles. The Morgan fingerprint density at radius 1 is 1.15 bits per heavy atom. The number of hydrogen-bond donors (Lipinski definition) is 1. The first-order valence-electron chi connectivity index (χ1n) is 7.48. The topological polar surface area (TPSA) is 79.2 Å². The Morgan fingerprint density at radius 3 is 2.65 bits per heavy atom. The van der Waals surface area contributed by atoms with Crippen molar-refractivity contribution in [2.24, 2.45) is 0 Å². The summed E-state index contributed by atoms with van der Waals surface area (Å²) in [5, 5.41) is 12.1. The normalized spacial score (nSPS) is 10.0. The fraction of sp³-hybridized carbons (Fsp3) is 0.167. The summed E-state index contributed by atoms with van der Waals surface area (Å²) in [5.74, 6) is -0.742. The van der Waals surface area contributed by atoms with Crippen LogP contribution in [0.2, 0.25) is 10.0 Å². The third-order valence-corrected chi connectivity index (χ3v) is 4.83. The van der Waals surface area contributed by atoms with E-state index in [0.717, 1.165) is 4.90 Å². The van der Waals surface area contributed by atoms with Gasteiger partial charge in [-0.1, -0.05) is 41.4 Å². The second kappa shape index (κ2) is 10.1. The predicted molar refractivity (Wildman–Crippen MR) is 103 cm³/mol. The van der Waals surface area contributed by atoms with Crippen LogP contribution in [0.1, 0.15) is 5.56 Å². The van der Waals surface area contributed by atoms with E-state index in [9.17, 15) is 9.59 Å². The van der Waals surface area contributed by atoms with Crippen LogP contribution in [-0.4, -0.2) is 24.2 Å². The molecule has 26 heavy (non-hydrogen) atoms. The van der Waals surface area contributed by atoms with Crippen LogP contribution in [0.4, 0.5) is 5.69 Å². The van der Waals surface area contributed by atoms with Gasteiger partial charge in [0.15, 0.2) is 6.61 Å². The second-order valence-corrected chi connectivity index (χ2v) is 6.91. The van der Waals surface area contributed by atoms with Gasteiger partial charge in [0.2, 0.25) is 0 Å². The van der Waals surface area contributed by atoms with E-state index >= 15 is 0 Å². The number of rotatable bonds is 7. The summed E-state index contributed by atoms with van der Waals surface area (Å²) in [6.07, 6.45) is -0.0151. The van der Waals surface area contributed by atoms with Crippen molar-refractivity contribution in [1.29, 1.82) is 5.26 Å². The molecule has 0 aliphatic carbocycles. The highest BCUT2D eigenvalue weighted by molar-refractivity contribution is 7.99. The number of ether oxygens (including phenoxy) is 1. The van der Waals surface area contributed by atoms with Crippen LogP contribution in [-0.2, 0) is 20.7 Å². The molecule has 0 fully saturated rings. The van der Waals surface area contributed by atoms with Gasteiger partial charge in [-0.25, -0.2) is 0 Å². The number of esters is 1. The van der Waals surface area contributed by atoms with Gasteiger partial charge in [-0.05, 0) is 29.8 Å². The molecule has 0 heterocycles. The van der Waals surface area contributed by atoms with Crippen molar-refractivity contribution in [3.63, 3.8) is 0 Å². The third kappa shape index (κ3) is 6.26. The van der Waals surface area contributed by atoms with Crippen LogP contribution in [0.3, 0.4) is 0 Å². The van der Waals surface area contributed by atoms with Gasteiger partial charge in [-0.15, -0.1) is 11.8 Å². The number of hydrogen-bond acceptors (Lipinski definition) is 5. The van der Waals surface area contributed by atoms with Gasteiger partial charge in [0.05, 0.1) is 34.0 Å². The molecule has 1 N–H and O–H groups in total. The van der Waals surface area contributed by atoms with Gasteiger partial charge in [-0.3, -0.25) is 9.59 Å². The predicted octanol–water partition coefficient (Wildman–Crippen LogP) is 4.33. The first-order chi connectivity index (χ1) is 12.5. The molecule has 8 heteroatoms. The molecule has 0 atom stereocenters. The first-order valence-corrected chi connectivity index (χ1v) is 9.22. The standard InChI is InChI=1S/C18H14Cl2N2O3S/c19-13-6-5-12(9-14(13)20)10-18(24)25-11-17(23)22-15-3-1-2-4-16(15)26-8-7-21/h1-6,9H,8,10-11H2,(H,22,23). The van der Waals surface area contributed by atoms with Crippen LogP contribution < -0.4 is 5.32 Å². The maximum absolute atomic E-state index is 12.0. The molecule has 2 rings (SSSR count). The van der Waals surface area contributed by atoms with E-state index in [-0.39, 0.29) is 12.2 Å². The summed E-state index contributed by atoms with van der Waals surface area (Å²) in [7, 11) is 0. The van der Waals surface area contributed by atoms with Gasteiger partial charge in [0.1, 0.15) is 0 Å². The number of nitrogens with one attached hydrogen (secondary N) is 1. The Morgan fingerprint density at radius 2 is 1.92 bits per heavy atom. The minimum Gasteiger partial charge on any atom is -0.455 e. The zero-order valence-corrected chi connectivity index (χ0v) is 15.8. The first kappa shape index (κ1) is 20.1. The number of nitrogens with zero attached hydrogens (tertiary/aromatic N) is 1. The van der Waals surface area contributed by atoms with E-state index in [2.05, 4.69) is 5.32 Å². The third-order valence-electron chi connectivity index (χ3n) is 3.15. The molecule has 134 valence electrons. The summed E-state index contributed by atoms with van der Waals surface area (Å²) < 4.78 is 4.98. The quantitative estimate of drug-likeness (QED) is 0.544. The fourth-order valence-corrected chi connectivity index (χ4v) is 3.00. The molecule has 2 aromatic rings. The van der Waals surface area contributed by atoms with Crippen LogP contribution in [0.25, 0.3) is 0 Å². The lowest BCUT2D eigenvalue weighted by molar-refractivity contribution is -0.146. The van der Waals surface area contributed by atoms with Gasteiger partial charge in [0.25, 0.3) is 5.91 Å². The van der Waals surface area contributed by atoms with Crippen molar-refractivity contribution in [3.05, 3.63) is 58.1 Å². The smallest absolute Gasteiger partial charge is 0.310 e. The molecule has 2 aromatic carbocycles. The molecule has 0 unspecified atom stereocenters. The van der Waals surface area contributed by atoms with Crippen molar-refractivity contribution < 1.29 is 14.3 Å². The summed E-state index contributed by atoms with van der Waals surface area (Å²) >= 11 is 13.0. The van der Waals surface area contributed by atoms with Gasteiger partial charge >= 0.3 is 5.97 Å². The molecule has 0 saturated carbocycles. The number of halogens is 2. The highest BCUT2D eigenvalue weighted by atomic mass is 35.5. The summed E-state index contributed by atoms with van der Waals surface area (Å²) in [6, 6.07) is 14.0. The molecule has 0 aliphatic rings. The molecule has 0 spiro atoms. The van der Waals surface area contributed by atoms with Crippen molar-refractivity contribution in [3.8, 4) is 6.07 Å². The van der Waals surface area contributed by atoms with Crippen molar-refractivity contribution in [2.45, 2.75) is 11.3 Å². The lowest BCUT2D eigenvalue weighted by Crippen LogP contribution is -2.22. The number of carbonyl (C=O) groups excluding carboxylic acids is 2. The summed E-state index contributed by atoms with van der Waals surface area (Å²) in [6.45, 7) is -0.405. The Labute approximate surface area is 165 Å². The summed E-state index contributed by atoms with van der Waals surface area (Å²) in [4.78, 5) is 24.6. The molecular formula is C18H14Cl2N2O3S. The highest BCUT2D eigenvalue weighted by Crippen LogP contribution is 2.26. The molecule has 1 amide bonds. The Balaban J connectivity index is 1.86. The number of para-hydroxylation sites is 1. The zero-order valence-electron chi connectivity index (χ0n) is 13.5. The minimum atomic E-state index is -0.550. The van der Waals surface area contributed by atoms with Crippen LogP contribution in [0, 0.1) is 11.3 Å². The van der Waals surface area contributed by atoms with Crippen molar-refractivity contribution >= 4 is 52.5 Å². The van der Waals surface area contributed by atoms with E-state index in [4.69, 9.17) is 33.2 Å². The molecule has 0 aliphatic heterocycles. The lowest BCUT2D eigenvalue weighted by Gasteiger charge is -2.10. The van der Waals surface area contributed by atoms with E-state index < -0.39 is 18.5 Å². The minimum absolute atomic E-state index is 0.0151. The number of thioether (sulfide) groups is 1. The number of carbonyl (C=O) groups is 2. The van der Waals surface area contributed by atoms with E-state index in [0.29, 0.717) is 21.3 Å². The Kier molecular flexibility index (Phi) is 7.79. The molecule has 0 aromatic heterocycles. The molecular weight excluding hydrogens is 395 g/mol. The molecule has 0 radical (unpaired) electrons. The average molecular weight is 409 g/mol. The summed E-state index contributed by atoms with van der Waals surface area (Å²) in [5.41, 5.74) is 1.21. The van der Waals surface area contributed by atoms with Gasteiger partial charge < -0.3 is 10.1 Å². The van der Waals surface area contributed by atoms with Gasteiger partial charge in [-0.2, -0.15) is 5.26 Å². The van der Waals surface area contributed by atoms with E-state index in [1.54, 1.807) is 36.4 Å². The number of anilines is 1. The van der Waals surface area contributed by atoms with Crippen LogP contribution in [0.15, 0.2) is 47.4 Å². The monoisotopic (exact) mass is 408 g/mol. The number of amides is 1. The maximum atomic E-state index is 12.0. The number of benzene rings is 2. The van der Waals surface area contributed by atoms with Crippen molar-refractivity contribution in [2.75, 3.05) is 17.7 Å². The molecule has 0 bridgehead atoms. The van der Waals surface area contributed by atoms with E-state index in [1.807, 2.05) is 12.1 Å². The largest absolute Gasteiger partial charge is 0.455 e. The second-order valence-electron chi connectivity index (χ2n) is 5.08. The van der Waals surface area contributed by atoms with Crippen molar-refractivity contribution in [1.82, 2.24) is 0 Å².